The number of ketones is 1. The summed E-state index contributed by atoms with van der Waals surface area (Å²) < 4.78 is 0. The molecule has 0 saturated heterocycles. The Kier molecular flexibility index (Phi) is 4.39. The average Bonchev–Trinajstić information content (AvgIpc) is 2.46. The largest absolute Gasteiger partial charge is 0.289 e. The summed E-state index contributed by atoms with van der Waals surface area (Å²) in [4.78, 5) is 12.7. The minimum Gasteiger partial charge on any atom is -0.289 e. The van der Waals surface area contributed by atoms with Crippen LogP contribution in [0, 0.1) is 0 Å². The van der Waals surface area contributed by atoms with E-state index < -0.39 is 0 Å². The smallest absolute Gasteiger partial charge is 0.193 e. The van der Waals surface area contributed by atoms with E-state index in [1.807, 2.05) is 30.3 Å². The third kappa shape index (κ3) is 2.98. The maximum Gasteiger partial charge on any atom is 0.193 e. The second-order valence-electron chi connectivity index (χ2n) is 5.85. The maximum atomic E-state index is 12.7. The quantitative estimate of drug-likeness (QED) is 0.698. The van der Waals surface area contributed by atoms with Gasteiger partial charge in [-0.1, -0.05) is 70.2 Å². The van der Waals surface area contributed by atoms with E-state index in [-0.39, 0.29) is 5.78 Å². The van der Waals surface area contributed by atoms with Gasteiger partial charge in [0.2, 0.25) is 0 Å². The Balaban J connectivity index is 2.53. The minimum absolute atomic E-state index is 0.122. The molecule has 0 unspecified atom stereocenters. The Hall–Kier alpha value is -1.89. The fraction of sp³-hybridized carbons (Fsp3) is 0.316. The number of hydrogen-bond acceptors (Lipinski definition) is 1. The lowest BCUT2D eigenvalue weighted by Crippen LogP contribution is -2.08. The number of benzene rings is 2. The number of carbonyl (C=O) groups is 1. The van der Waals surface area contributed by atoms with E-state index >= 15 is 0 Å². The highest BCUT2D eigenvalue weighted by Crippen LogP contribution is 2.26. The first-order chi connectivity index (χ1) is 9.50. The van der Waals surface area contributed by atoms with E-state index in [0.717, 1.165) is 16.7 Å². The first-order valence-electron chi connectivity index (χ1n) is 7.24. The standard InChI is InChI=1S/C19H22O/c1-13(2)16-10-11-17(14(3)4)18(12-16)19(20)15-8-6-5-7-9-15/h5-14H,1-4H3. The molecule has 0 aliphatic rings. The summed E-state index contributed by atoms with van der Waals surface area (Å²) in [5, 5.41) is 0. The van der Waals surface area contributed by atoms with Crippen molar-refractivity contribution in [2.24, 2.45) is 0 Å². The first kappa shape index (κ1) is 14.5. The number of carbonyl (C=O) groups excluding carboxylic acids is 1. The Labute approximate surface area is 121 Å². The van der Waals surface area contributed by atoms with Gasteiger partial charge in [0.1, 0.15) is 0 Å². The van der Waals surface area contributed by atoms with Crippen LogP contribution in [0.5, 0.6) is 0 Å². The summed E-state index contributed by atoms with van der Waals surface area (Å²) in [6.45, 7) is 8.57. The van der Waals surface area contributed by atoms with Gasteiger partial charge >= 0.3 is 0 Å². The van der Waals surface area contributed by atoms with Crippen LogP contribution in [0.3, 0.4) is 0 Å². The van der Waals surface area contributed by atoms with Crippen molar-refractivity contribution in [1.29, 1.82) is 0 Å². The Morgan fingerprint density at radius 2 is 1.50 bits per heavy atom. The molecular formula is C19H22O. The SMILES string of the molecule is CC(C)c1ccc(C(C)C)c(C(=O)c2ccccc2)c1. The zero-order chi connectivity index (χ0) is 14.7. The van der Waals surface area contributed by atoms with Crippen LogP contribution in [-0.4, -0.2) is 5.78 Å². The van der Waals surface area contributed by atoms with Gasteiger partial charge in [-0.05, 0) is 29.0 Å². The molecule has 0 heterocycles. The molecule has 2 aromatic rings. The molecule has 0 N–H and O–H groups in total. The van der Waals surface area contributed by atoms with Crippen LogP contribution < -0.4 is 0 Å². The summed E-state index contributed by atoms with van der Waals surface area (Å²) >= 11 is 0. The normalized spacial score (nSPS) is 11.1. The fourth-order valence-corrected chi connectivity index (χ4v) is 2.38. The van der Waals surface area contributed by atoms with Gasteiger partial charge in [0, 0.05) is 11.1 Å². The Morgan fingerprint density at radius 1 is 0.850 bits per heavy atom. The molecule has 104 valence electrons. The van der Waals surface area contributed by atoms with Crippen molar-refractivity contribution in [3.8, 4) is 0 Å². The molecule has 0 fully saturated rings. The predicted molar refractivity (Wildman–Crippen MR) is 84.5 cm³/mol. The zero-order valence-electron chi connectivity index (χ0n) is 12.7. The second kappa shape index (κ2) is 6.04. The summed E-state index contributed by atoms with van der Waals surface area (Å²) in [6.07, 6.45) is 0. The van der Waals surface area contributed by atoms with Crippen LogP contribution in [0.4, 0.5) is 0 Å². The first-order valence-corrected chi connectivity index (χ1v) is 7.24. The molecule has 0 aromatic heterocycles. The molecule has 1 nitrogen and oxygen atoms in total. The van der Waals surface area contributed by atoms with Gasteiger partial charge in [0.15, 0.2) is 5.78 Å². The molecule has 0 saturated carbocycles. The fourth-order valence-electron chi connectivity index (χ4n) is 2.38. The Morgan fingerprint density at radius 3 is 2.05 bits per heavy atom. The van der Waals surface area contributed by atoms with E-state index in [9.17, 15) is 4.79 Å². The molecule has 0 aliphatic carbocycles. The average molecular weight is 266 g/mol. The molecule has 0 bridgehead atoms. The van der Waals surface area contributed by atoms with E-state index in [0.29, 0.717) is 11.8 Å². The highest BCUT2D eigenvalue weighted by molar-refractivity contribution is 6.10. The summed E-state index contributed by atoms with van der Waals surface area (Å²) in [5.74, 6) is 0.897. The molecule has 2 aromatic carbocycles. The maximum absolute atomic E-state index is 12.7. The van der Waals surface area contributed by atoms with Crippen molar-refractivity contribution < 1.29 is 4.79 Å². The van der Waals surface area contributed by atoms with Crippen LogP contribution >= 0.6 is 0 Å². The minimum atomic E-state index is 0.122. The molecule has 0 spiro atoms. The molecule has 0 atom stereocenters. The predicted octanol–water partition coefficient (Wildman–Crippen LogP) is 5.16. The second-order valence-corrected chi connectivity index (χ2v) is 5.85. The van der Waals surface area contributed by atoms with Crippen LogP contribution in [0.1, 0.15) is 66.6 Å². The summed E-state index contributed by atoms with van der Waals surface area (Å²) in [6, 6.07) is 15.8. The van der Waals surface area contributed by atoms with Crippen molar-refractivity contribution >= 4 is 5.78 Å². The van der Waals surface area contributed by atoms with Crippen LogP contribution in [0.25, 0.3) is 0 Å². The van der Waals surface area contributed by atoms with Crippen molar-refractivity contribution in [2.75, 3.05) is 0 Å². The van der Waals surface area contributed by atoms with Crippen molar-refractivity contribution in [3.05, 3.63) is 70.8 Å². The third-order valence-corrected chi connectivity index (χ3v) is 3.65. The van der Waals surface area contributed by atoms with E-state index in [1.165, 1.54) is 5.56 Å². The van der Waals surface area contributed by atoms with Crippen molar-refractivity contribution in [1.82, 2.24) is 0 Å². The summed E-state index contributed by atoms with van der Waals surface area (Å²) in [7, 11) is 0. The third-order valence-electron chi connectivity index (χ3n) is 3.65. The molecule has 1 heteroatoms. The highest BCUT2D eigenvalue weighted by Gasteiger charge is 2.16. The topological polar surface area (TPSA) is 17.1 Å². The molecule has 20 heavy (non-hydrogen) atoms. The van der Waals surface area contributed by atoms with Crippen LogP contribution in [-0.2, 0) is 0 Å². The molecule has 0 amide bonds. The lowest BCUT2D eigenvalue weighted by molar-refractivity contribution is 0.103. The molecule has 0 radical (unpaired) electrons. The van der Waals surface area contributed by atoms with Gasteiger partial charge in [0.25, 0.3) is 0 Å². The lowest BCUT2D eigenvalue weighted by atomic mass is 9.88. The van der Waals surface area contributed by atoms with Gasteiger partial charge in [-0.15, -0.1) is 0 Å². The zero-order valence-corrected chi connectivity index (χ0v) is 12.7. The van der Waals surface area contributed by atoms with Gasteiger partial charge in [-0.2, -0.15) is 0 Å². The summed E-state index contributed by atoms with van der Waals surface area (Å²) in [5.41, 5.74) is 3.95. The van der Waals surface area contributed by atoms with E-state index in [2.05, 4.69) is 45.9 Å². The Bertz CT molecular complexity index is 594. The molecular weight excluding hydrogens is 244 g/mol. The lowest BCUT2D eigenvalue weighted by Gasteiger charge is -2.15. The molecule has 0 aliphatic heterocycles. The van der Waals surface area contributed by atoms with Crippen LogP contribution in [0.2, 0.25) is 0 Å². The van der Waals surface area contributed by atoms with Gasteiger partial charge < -0.3 is 0 Å². The molecule has 2 rings (SSSR count). The van der Waals surface area contributed by atoms with Gasteiger partial charge in [0.05, 0.1) is 0 Å². The van der Waals surface area contributed by atoms with E-state index in [4.69, 9.17) is 0 Å². The highest BCUT2D eigenvalue weighted by atomic mass is 16.1. The van der Waals surface area contributed by atoms with Crippen molar-refractivity contribution in [3.63, 3.8) is 0 Å². The monoisotopic (exact) mass is 266 g/mol. The van der Waals surface area contributed by atoms with E-state index in [1.54, 1.807) is 0 Å². The number of rotatable bonds is 4. The van der Waals surface area contributed by atoms with Gasteiger partial charge in [-0.3, -0.25) is 4.79 Å². The number of hydrogen-bond donors (Lipinski definition) is 0. The van der Waals surface area contributed by atoms with Gasteiger partial charge in [-0.25, -0.2) is 0 Å². The van der Waals surface area contributed by atoms with Crippen LogP contribution in [0.15, 0.2) is 48.5 Å². The van der Waals surface area contributed by atoms with Crippen molar-refractivity contribution in [2.45, 2.75) is 39.5 Å².